The lowest BCUT2D eigenvalue weighted by atomic mass is 9.42. The highest BCUT2D eigenvalue weighted by molar-refractivity contribution is 7.28. The first-order valence-electron chi connectivity index (χ1n) is 25.3. The molecule has 0 bridgehead atoms. The largest absolute Gasteiger partial charge is 0.376 e. The molecule has 0 atom stereocenters. The number of fused-ring (bicyclic) bond motifs is 14. The van der Waals surface area contributed by atoms with E-state index in [9.17, 15) is 0 Å². The minimum Gasteiger partial charge on any atom is -0.376 e. The Kier molecular flexibility index (Phi) is 9.22. The van der Waals surface area contributed by atoms with Crippen LogP contribution in [0.4, 0.5) is 28.4 Å². The Morgan fingerprint density at radius 1 is 0.437 bits per heavy atom. The molecule has 3 aliphatic heterocycles. The summed E-state index contributed by atoms with van der Waals surface area (Å²) in [6.45, 7) is 2.15. The normalized spacial score (nSPS) is 14.0. The van der Waals surface area contributed by atoms with Crippen molar-refractivity contribution in [2.24, 2.45) is 0 Å². The zero-order chi connectivity index (χ0) is 46.8. The van der Waals surface area contributed by atoms with Crippen LogP contribution >= 0.6 is 22.7 Å². The number of thiophene rings is 2. The highest BCUT2D eigenvalue weighted by Crippen LogP contribution is 2.62. The second-order valence-electron chi connectivity index (χ2n) is 19.6. The van der Waals surface area contributed by atoms with Crippen molar-refractivity contribution in [1.29, 1.82) is 0 Å². The van der Waals surface area contributed by atoms with Crippen LogP contribution < -0.4 is 20.6 Å². The smallest absolute Gasteiger partial charge is 0.334 e. The molecule has 3 aliphatic rings. The average molecular weight is 943 g/mol. The molecule has 0 saturated carbocycles. The van der Waals surface area contributed by atoms with E-state index >= 15 is 0 Å². The Hall–Kier alpha value is -7.70. The predicted molar refractivity (Wildman–Crippen MR) is 306 cm³/mol. The van der Waals surface area contributed by atoms with Crippen molar-refractivity contribution in [3.05, 3.63) is 246 Å². The highest BCUT2D eigenvalue weighted by atomic mass is 32.1. The number of benzene rings is 10. The van der Waals surface area contributed by atoms with Crippen LogP contribution in [0.3, 0.4) is 0 Å². The molecule has 2 nitrogen and oxygen atoms in total. The van der Waals surface area contributed by atoms with Gasteiger partial charge in [-0.1, -0.05) is 196 Å². The molecule has 0 radical (unpaired) electrons. The van der Waals surface area contributed by atoms with Gasteiger partial charge in [0.1, 0.15) is 0 Å². The molecule has 0 amide bonds. The van der Waals surface area contributed by atoms with Crippen molar-refractivity contribution in [2.45, 2.75) is 38.0 Å². The summed E-state index contributed by atoms with van der Waals surface area (Å²) in [6, 6.07) is 83.3. The molecule has 0 spiro atoms. The summed E-state index contributed by atoms with van der Waals surface area (Å²) in [7, 11) is 0. The summed E-state index contributed by atoms with van der Waals surface area (Å²) >= 11 is 3.91. The van der Waals surface area contributed by atoms with E-state index in [1.54, 1.807) is 0 Å². The van der Waals surface area contributed by atoms with E-state index in [0.29, 0.717) is 0 Å². The van der Waals surface area contributed by atoms with Gasteiger partial charge >= 0.3 is 6.85 Å². The molecular formula is C66H47BN2S2. The van der Waals surface area contributed by atoms with Crippen molar-refractivity contribution in [2.75, 3.05) is 9.71 Å². The number of hydrogen-bond donors (Lipinski definition) is 0. The number of aryl methyl sites for hydroxylation is 1. The van der Waals surface area contributed by atoms with Gasteiger partial charge in [0.15, 0.2) is 0 Å². The molecule has 0 fully saturated rings. The zero-order valence-electron chi connectivity index (χ0n) is 39.4. The van der Waals surface area contributed by atoms with Crippen LogP contribution in [0.15, 0.2) is 218 Å². The van der Waals surface area contributed by atoms with E-state index in [0.717, 1.165) is 6.42 Å². The summed E-state index contributed by atoms with van der Waals surface area (Å²) in [5.74, 6) is 0. The monoisotopic (exact) mass is 942 g/mol. The summed E-state index contributed by atoms with van der Waals surface area (Å²) in [5.41, 5.74) is 20.1. The Morgan fingerprint density at radius 3 is 1.82 bits per heavy atom. The number of rotatable bonds is 8. The molecule has 12 aromatic rings. The maximum Gasteiger partial charge on any atom is 0.334 e. The first-order valence-corrected chi connectivity index (χ1v) is 26.9. The molecule has 0 unspecified atom stereocenters. The minimum atomic E-state index is -0.586. The van der Waals surface area contributed by atoms with Crippen LogP contribution in [0, 0.1) is 0 Å². The molecule has 5 heterocycles. The van der Waals surface area contributed by atoms with Crippen LogP contribution in [0.25, 0.3) is 62.6 Å². The fourth-order valence-electron chi connectivity index (χ4n) is 13.0. The summed E-state index contributed by atoms with van der Waals surface area (Å²) < 4.78 is 5.31. The van der Waals surface area contributed by atoms with Crippen molar-refractivity contribution in [1.82, 2.24) is 0 Å². The van der Waals surface area contributed by atoms with Gasteiger partial charge in [0.2, 0.25) is 0 Å². The van der Waals surface area contributed by atoms with Crippen LogP contribution in [0.1, 0.15) is 54.0 Å². The minimum absolute atomic E-state index is 0.148. The molecule has 2 aromatic heterocycles. The topological polar surface area (TPSA) is 6.48 Å². The van der Waals surface area contributed by atoms with Gasteiger partial charge in [-0.05, 0) is 105 Å². The number of anilines is 5. The van der Waals surface area contributed by atoms with Crippen LogP contribution in [0.2, 0.25) is 0 Å². The number of unbranched alkanes of at least 4 members (excludes halogenated alkanes) is 2. The molecule has 0 N–H and O–H groups in total. The quantitative estimate of drug-likeness (QED) is 0.111. The van der Waals surface area contributed by atoms with Gasteiger partial charge < -0.3 is 9.71 Å². The molecule has 0 aliphatic carbocycles. The molecule has 5 heteroatoms. The predicted octanol–water partition coefficient (Wildman–Crippen LogP) is 17.2. The third-order valence-corrected chi connectivity index (χ3v) is 18.3. The number of nitrogens with zero attached hydrogens (tertiary/aromatic N) is 2. The lowest BCUT2D eigenvalue weighted by Crippen LogP contribution is -2.63. The molecule has 0 saturated heterocycles. The Morgan fingerprint density at radius 2 is 1.07 bits per heavy atom. The second kappa shape index (κ2) is 15.9. The Balaban J connectivity index is 1.14. The fraction of sp³-hybridized carbons (Fsp3) is 0.0909. The Bertz CT molecular complexity index is 4060. The summed E-state index contributed by atoms with van der Waals surface area (Å²) in [5, 5.41) is 5.26. The molecule has 15 rings (SSSR count). The van der Waals surface area contributed by atoms with E-state index in [4.69, 9.17) is 0 Å². The van der Waals surface area contributed by atoms with Crippen molar-refractivity contribution in [3.8, 4) is 22.3 Å². The number of para-hydroxylation sites is 2. The third kappa shape index (κ3) is 5.76. The van der Waals surface area contributed by atoms with Gasteiger partial charge in [-0.15, -0.1) is 22.7 Å². The first-order chi connectivity index (χ1) is 35.2. The maximum absolute atomic E-state index is 2.80. The van der Waals surface area contributed by atoms with Crippen LogP contribution in [-0.4, -0.2) is 6.85 Å². The number of hydrogen-bond acceptors (Lipinski definition) is 4. The van der Waals surface area contributed by atoms with Gasteiger partial charge in [-0.2, -0.15) is 0 Å². The fourth-order valence-corrected chi connectivity index (χ4v) is 15.5. The average Bonchev–Trinajstić information content (AvgIpc) is 4.01. The van der Waals surface area contributed by atoms with E-state index in [1.807, 2.05) is 22.7 Å². The van der Waals surface area contributed by atoms with Crippen molar-refractivity contribution in [3.63, 3.8) is 0 Å². The zero-order valence-corrected chi connectivity index (χ0v) is 41.0. The van der Waals surface area contributed by atoms with E-state index in [2.05, 4.69) is 235 Å². The second-order valence-corrected chi connectivity index (χ2v) is 21.7. The van der Waals surface area contributed by atoms with E-state index < -0.39 is 5.41 Å². The van der Waals surface area contributed by atoms with Gasteiger partial charge in [0, 0.05) is 63.8 Å². The molecule has 71 heavy (non-hydrogen) atoms. The first kappa shape index (κ1) is 41.1. The molecule has 10 aromatic carbocycles. The highest BCUT2D eigenvalue weighted by Gasteiger charge is 2.54. The Labute approximate surface area is 422 Å². The van der Waals surface area contributed by atoms with Gasteiger partial charge in [0.25, 0.3) is 0 Å². The summed E-state index contributed by atoms with van der Waals surface area (Å²) in [6.07, 6.45) is 4.69. The van der Waals surface area contributed by atoms with Crippen molar-refractivity contribution < 1.29 is 0 Å². The van der Waals surface area contributed by atoms with Gasteiger partial charge in [0.05, 0.1) is 21.5 Å². The lowest BCUT2D eigenvalue weighted by Gasteiger charge is -2.53. The lowest BCUT2D eigenvalue weighted by molar-refractivity contribution is 0.717. The van der Waals surface area contributed by atoms with Crippen molar-refractivity contribution >= 4 is 109 Å². The van der Waals surface area contributed by atoms with Crippen LogP contribution in [0.5, 0.6) is 0 Å². The van der Waals surface area contributed by atoms with Gasteiger partial charge in [-0.3, -0.25) is 0 Å². The van der Waals surface area contributed by atoms with Crippen LogP contribution in [-0.2, 0) is 11.8 Å². The standard InChI is InChI=1S/C66H47BN2S2/c1-2-3-7-21-42-36-38-55(50(40-42)43-22-8-4-9-23-43)68-57-39-37-49-46-28-14-18-34-58(46)70-64(49)61(57)67-60-51(41-52-47-29-15-19-35-59(47)71-65(52)63(60)68)48-30-20-32-54-62(48)69(67)56-33-17-16-31-53(56)66(54,44-24-10-5-11-25-44)45-26-12-6-13-27-45/h4-6,8-20,22-41H,2-3,7,21H2,1H3. The molecule has 336 valence electrons. The SMILES string of the molecule is CCCCCc1ccc(N2c3ccc4c(sc5ccccc54)c3B3c4c(cc5c(sc6ccccc65)c42)-c2cccc4c2N3c2ccccc2C4(c2ccccc2)c2ccccc2)c(-c2ccccc2)c1. The van der Waals surface area contributed by atoms with Gasteiger partial charge in [-0.25, -0.2) is 0 Å². The maximum atomic E-state index is 2.80. The molecular weight excluding hydrogens is 896 g/mol. The van der Waals surface area contributed by atoms with E-state index in [1.165, 1.54) is 149 Å². The van der Waals surface area contributed by atoms with E-state index in [-0.39, 0.29) is 6.85 Å². The summed E-state index contributed by atoms with van der Waals surface area (Å²) in [4.78, 5) is 5.51. The third-order valence-electron chi connectivity index (χ3n) is 15.9.